The molecule has 4 nitrogen and oxygen atoms in total. The molecular formula is C9H13N3OS. The number of anilines is 1. The van der Waals surface area contributed by atoms with Gasteiger partial charge < -0.3 is 10.6 Å². The number of carbonyl (C=O) groups is 1. The first-order valence-electron chi connectivity index (χ1n) is 4.63. The Morgan fingerprint density at radius 1 is 1.43 bits per heavy atom. The Bertz CT molecular complexity index is 383. The van der Waals surface area contributed by atoms with Crippen molar-refractivity contribution in [3.05, 3.63) is 11.3 Å². The number of nitrogens with zero attached hydrogens (tertiary/aromatic N) is 1. The summed E-state index contributed by atoms with van der Waals surface area (Å²) < 4.78 is 4.25. The lowest BCUT2D eigenvalue weighted by atomic mass is 10.1. The SMILES string of the molecule is CCc1nsc2c1C(=O)NC(C)(C)N2. The van der Waals surface area contributed by atoms with E-state index in [2.05, 4.69) is 15.0 Å². The predicted octanol–water partition coefficient (Wildman–Crippen LogP) is 1.60. The van der Waals surface area contributed by atoms with E-state index in [0.717, 1.165) is 22.7 Å². The van der Waals surface area contributed by atoms with E-state index in [1.165, 1.54) is 11.5 Å². The van der Waals surface area contributed by atoms with E-state index in [4.69, 9.17) is 0 Å². The Labute approximate surface area is 86.9 Å². The molecule has 2 rings (SSSR count). The fraction of sp³-hybridized carbons (Fsp3) is 0.556. The molecule has 1 aromatic heterocycles. The highest BCUT2D eigenvalue weighted by atomic mass is 32.1. The Morgan fingerprint density at radius 2 is 2.14 bits per heavy atom. The smallest absolute Gasteiger partial charge is 0.257 e. The topological polar surface area (TPSA) is 54.0 Å². The molecule has 0 fully saturated rings. The van der Waals surface area contributed by atoms with Crippen LogP contribution >= 0.6 is 11.5 Å². The Hall–Kier alpha value is -1.10. The number of carbonyl (C=O) groups excluding carboxylic acids is 1. The highest BCUT2D eigenvalue weighted by molar-refractivity contribution is 7.10. The number of rotatable bonds is 1. The standard InChI is InChI=1S/C9H13N3OS/c1-4-5-6-7(13)10-9(2,3)11-8(6)14-12-5/h11H,4H2,1-3H3,(H,10,13). The molecule has 2 N–H and O–H groups in total. The molecule has 0 bridgehead atoms. The molecule has 0 aliphatic carbocycles. The van der Waals surface area contributed by atoms with Gasteiger partial charge in [0.15, 0.2) is 0 Å². The molecule has 14 heavy (non-hydrogen) atoms. The van der Waals surface area contributed by atoms with Gasteiger partial charge in [-0.05, 0) is 31.8 Å². The van der Waals surface area contributed by atoms with Gasteiger partial charge >= 0.3 is 0 Å². The van der Waals surface area contributed by atoms with Crippen LogP contribution in [0.25, 0.3) is 0 Å². The molecule has 0 aromatic carbocycles. The van der Waals surface area contributed by atoms with Crippen molar-refractivity contribution >= 4 is 22.4 Å². The molecule has 0 saturated heterocycles. The van der Waals surface area contributed by atoms with Crippen LogP contribution in [-0.4, -0.2) is 15.9 Å². The summed E-state index contributed by atoms with van der Waals surface area (Å²) in [5, 5.41) is 7.02. The fourth-order valence-electron chi connectivity index (χ4n) is 1.55. The third kappa shape index (κ3) is 1.37. The number of aryl methyl sites for hydroxylation is 1. The first-order valence-corrected chi connectivity index (χ1v) is 5.40. The fourth-order valence-corrected chi connectivity index (χ4v) is 2.57. The van der Waals surface area contributed by atoms with Crippen LogP contribution in [0.3, 0.4) is 0 Å². The number of fused-ring (bicyclic) bond motifs is 1. The largest absolute Gasteiger partial charge is 0.353 e. The van der Waals surface area contributed by atoms with Crippen LogP contribution < -0.4 is 10.6 Å². The zero-order valence-electron chi connectivity index (χ0n) is 8.47. The second kappa shape index (κ2) is 2.95. The Morgan fingerprint density at radius 3 is 2.79 bits per heavy atom. The zero-order chi connectivity index (χ0) is 10.3. The minimum Gasteiger partial charge on any atom is -0.353 e. The minimum atomic E-state index is -0.373. The first kappa shape index (κ1) is 9.45. The highest BCUT2D eigenvalue weighted by Gasteiger charge is 2.32. The molecule has 5 heteroatoms. The van der Waals surface area contributed by atoms with E-state index in [1.807, 2.05) is 20.8 Å². The summed E-state index contributed by atoms with van der Waals surface area (Å²) in [5.74, 6) is -0.0191. The first-order chi connectivity index (χ1) is 6.53. The summed E-state index contributed by atoms with van der Waals surface area (Å²) in [6.07, 6.45) is 0.793. The van der Waals surface area contributed by atoms with Gasteiger partial charge in [-0.2, -0.15) is 4.37 Å². The normalized spacial score (nSPS) is 18.4. The lowest BCUT2D eigenvalue weighted by molar-refractivity contribution is 0.0914. The molecule has 1 amide bonds. The van der Waals surface area contributed by atoms with Crippen LogP contribution in [0.1, 0.15) is 36.8 Å². The third-order valence-electron chi connectivity index (χ3n) is 2.18. The summed E-state index contributed by atoms with van der Waals surface area (Å²) in [7, 11) is 0. The minimum absolute atomic E-state index is 0.0191. The highest BCUT2D eigenvalue weighted by Crippen LogP contribution is 2.31. The van der Waals surface area contributed by atoms with Gasteiger partial charge in [0.05, 0.1) is 11.3 Å². The molecule has 1 aliphatic heterocycles. The van der Waals surface area contributed by atoms with Crippen molar-refractivity contribution in [2.24, 2.45) is 0 Å². The average Bonchev–Trinajstić information content (AvgIpc) is 2.44. The average molecular weight is 211 g/mol. The van der Waals surface area contributed by atoms with Gasteiger partial charge in [-0.3, -0.25) is 4.79 Å². The molecular weight excluding hydrogens is 198 g/mol. The molecule has 0 atom stereocenters. The van der Waals surface area contributed by atoms with Crippen LogP contribution in [0.15, 0.2) is 0 Å². The van der Waals surface area contributed by atoms with Crippen LogP contribution in [0.2, 0.25) is 0 Å². The van der Waals surface area contributed by atoms with Crippen molar-refractivity contribution in [2.45, 2.75) is 32.9 Å². The Balaban J connectivity index is 2.47. The van der Waals surface area contributed by atoms with E-state index in [9.17, 15) is 4.79 Å². The van der Waals surface area contributed by atoms with E-state index in [-0.39, 0.29) is 11.6 Å². The van der Waals surface area contributed by atoms with Gasteiger partial charge in [0.2, 0.25) is 0 Å². The second-order valence-corrected chi connectivity index (χ2v) is 4.66. The van der Waals surface area contributed by atoms with Crippen molar-refractivity contribution in [1.82, 2.24) is 9.69 Å². The summed E-state index contributed by atoms with van der Waals surface area (Å²) in [6, 6.07) is 0. The van der Waals surface area contributed by atoms with Gasteiger partial charge in [-0.15, -0.1) is 0 Å². The molecule has 2 heterocycles. The number of aromatic nitrogens is 1. The van der Waals surface area contributed by atoms with Crippen LogP contribution in [0.4, 0.5) is 5.00 Å². The zero-order valence-corrected chi connectivity index (χ0v) is 9.29. The number of hydrogen-bond donors (Lipinski definition) is 2. The molecule has 0 saturated carbocycles. The van der Waals surface area contributed by atoms with Gasteiger partial charge in [0.1, 0.15) is 10.7 Å². The Kier molecular flexibility index (Phi) is 1.99. The maximum atomic E-state index is 11.8. The molecule has 0 radical (unpaired) electrons. The van der Waals surface area contributed by atoms with E-state index in [1.54, 1.807) is 0 Å². The van der Waals surface area contributed by atoms with Gasteiger partial charge in [-0.1, -0.05) is 6.92 Å². The van der Waals surface area contributed by atoms with E-state index < -0.39 is 0 Å². The maximum absolute atomic E-state index is 11.8. The lowest BCUT2D eigenvalue weighted by Crippen LogP contribution is -2.52. The van der Waals surface area contributed by atoms with Crippen molar-refractivity contribution < 1.29 is 4.79 Å². The van der Waals surface area contributed by atoms with E-state index in [0.29, 0.717) is 0 Å². The maximum Gasteiger partial charge on any atom is 0.257 e. The van der Waals surface area contributed by atoms with Crippen molar-refractivity contribution in [1.29, 1.82) is 0 Å². The molecule has 0 unspecified atom stereocenters. The lowest BCUT2D eigenvalue weighted by Gasteiger charge is -2.32. The number of amides is 1. The van der Waals surface area contributed by atoms with Crippen molar-refractivity contribution in [3.63, 3.8) is 0 Å². The summed E-state index contributed by atoms with van der Waals surface area (Å²) >= 11 is 1.36. The molecule has 1 aromatic rings. The molecule has 1 aliphatic rings. The van der Waals surface area contributed by atoms with Gasteiger partial charge in [0.25, 0.3) is 5.91 Å². The number of nitrogens with one attached hydrogen (secondary N) is 2. The second-order valence-electron chi connectivity index (χ2n) is 3.89. The predicted molar refractivity (Wildman–Crippen MR) is 56.7 cm³/mol. The number of hydrogen-bond acceptors (Lipinski definition) is 4. The summed E-state index contributed by atoms with van der Waals surface area (Å²) in [6.45, 7) is 5.86. The monoisotopic (exact) mass is 211 g/mol. The quantitative estimate of drug-likeness (QED) is 0.741. The summed E-state index contributed by atoms with van der Waals surface area (Å²) in [4.78, 5) is 11.8. The van der Waals surface area contributed by atoms with Crippen molar-refractivity contribution in [3.8, 4) is 0 Å². The van der Waals surface area contributed by atoms with Crippen molar-refractivity contribution in [2.75, 3.05) is 5.32 Å². The third-order valence-corrected chi connectivity index (χ3v) is 2.98. The van der Waals surface area contributed by atoms with Crippen LogP contribution in [0, 0.1) is 0 Å². The molecule has 0 spiro atoms. The van der Waals surface area contributed by atoms with Gasteiger partial charge in [-0.25, -0.2) is 0 Å². The molecule has 76 valence electrons. The van der Waals surface area contributed by atoms with Crippen LogP contribution in [0.5, 0.6) is 0 Å². The van der Waals surface area contributed by atoms with E-state index >= 15 is 0 Å². The van der Waals surface area contributed by atoms with Gasteiger partial charge in [0, 0.05) is 0 Å². The summed E-state index contributed by atoms with van der Waals surface area (Å²) in [5.41, 5.74) is 1.23. The van der Waals surface area contributed by atoms with Crippen LogP contribution in [-0.2, 0) is 6.42 Å².